The molecular formula is C42H82N2. The Labute approximate surface area is 279 Å². The lowest BCUT2D eigenvalue weighted by Crippen LogP contribution is -2.21. The van der Waals surface area contributed by atoms with Crippen molar-refractivity contribution in [2.75, 3.05) is 20.6 Å². The zero-order chi connectivity index (χ0) is 32.2. The zero-order valence-electron chi connectivity index (χ0n) is 31.2. The first kappa shape index (κ1) is 43.1. The molecule has 0 aromatic rings. The largest absolute Gasteiger partial charge is 0.304 e. The summed E-state index contributed by atoms with van der Waals surface area (Å²) in [4.78, 5) is 7.44. The van der Waals surface area contributed by atoms with Crippen molar-refractivity contribution in [1.82, 2.24) is 4.90 Å². The molecule has 0 radical (unpaired) electrons. The number of rotatable bonds is 35. The van der Waals surface area contributed by atoms with E-state index >= 15 is 0 Å². The van der Waals surface area contributed by atoms with Gasteiger partial charge in [0.25, 0.3) is 0 Å². The van der Waals surface area contributed by atoms with E-state index in [4.69, 9.17) is 4.99 Å². The maximum Gasteiger partial charge on any atom is 0.0499 e. The van der Waals surface area contributed by atoms with Gasteiger partial charge < -0.3 is 4.90 Å². The fourth-order valence-corrected chi connectivity index (χ4v) is 6.34. The van der Waals surface area contributed by atoms with Gasteiger partial charge in [-0.15, -0.1) is 0 Å². The Balaban J connectivity index is 3.87. The number of hydrogen-bond donors (Lipinski definition) is 0. The number of aliphatic imine (C=N–C) groups is 1. The summed E-state index contributed by atoms with van der Waals surface area (Å²) in [5, 5.41) is 0. The minimum Gasteiger partial charge on any atom is -0.304 e. The van der Waals surface area contributed by atoms with Gasteiger partial charge in [0.2, 0.25) is 0 Å². The first-order chi connectivity index (χ1) is 21.6. The lowest BCUT2D eigenvalue weighted by Gasteiger charge is -2.16. The summed E-state index contributed by atoms with van der Waals surface area (Å²) in [6.45, 7) is 7.82. The Morgan fingerprint density at radius 1 is 0.455 bits per heavy atom. The van der Waals surface area contributed by atoms with E-state index in [0.29, 0.717) is 6.04 Å². The second kappa shape index (κ2) is 36.6. The summed E-state index contributed by atoms with van der Waals surface area (Å²) in [5.41, 5.74) is 1.31. The smallest absolute Gasteiger partial charge is 0.0499 e. The average Bonchev–Trinajstić information content (AvgIpc) is 3.00. The number of hydrogen-bond acceptors (Lipinski definition) is 2. The maximum atomic E-state index is 5.19. The SMILES string of the molecule is CCCCCCCCC=CCCCCCCCCC(CCCCCCCCC=CCCCCCCCC)N=C(C)CN(C)C. The first-order valence-electron chi connectivity index (χ1n) is 20.1. The monoisotopic (exact) mass is 615 g/mol. The predicted molar refractivity (Wildman–Crippen MR) is 204 cm³/mol. The van der Waals surface area contributed by atoms with Crippen LogP contribution in [0.2, 0.25) is 0 Å². The standard InChI is InChI=1S/C42H82N2/c1-6-8-10-12-14-16-18-20-22-24-26-28-30-32-34-36-38-42(43-41(3)40-44(4)5)39-37-35-33-31-29-27-25-23-21-19-17-15-13-11-9-7-2/h20-23,42H,6-19,24-40H2,1-5H3. The topological polar surface area (TPSA) is 15.6 Å². The summed E-state index contributed by atoms with van der Waals surface area (Å²) in [6.07, 6.45) is 51.1. The molecule has 0 spiro atoms. The Morgan fingerprint density at radius 3 is 1.07 bits per heavy atom. The fourth-order valence-electron chi connectivity index (χ4n) is 6.34. The molecule has 0 unspecified atom stereocenters. The van der Waals surface area contributed by atoms with E-state index in [1.807, 2.05) is 0 Å². The van der Waals surface area contributed by atoms with Crippen LogP contribution in [0.4, 0.5) is 0 Å². The van der Waals surface area contributed by atoms with E-state index in [0.717, 1.165) is 6.54 Å². The van der Waals surface area contributed by atoms with Gasteiger partial charge in [0.15, 0.2) is 0 Å². The van der Waals surface area contributed by atoms with Gasteiger partial charge in [0, 0.05) is 18.3 Å². The molecule has 0 N–H and O–H groups in total. The molecule has 0 fully saturated rings. The van der Waals surface area contributed by atoms with Crippen molar-refractivity contribution in [1.29, 1.82) is 0 Å². The third-order valence-corrected chi connectivity index (χ3v) is 9.05. The summed E-state index contributed by atoms with van der Waals surface area (Å²) in [5.74, 6) is 0. The molecule has 2 heteroatoms. The first-order valence-corrected chi connectivity index (χ1v) is 20.1. The van der Waals surface area contributed by atoms with Gasteiger partial charge in [-0.25, -0.2) is 0 Å². The molecule has 0 amide bonds. The van der Waals surface area contributed by atoms with Gasteiger partial charge in [-0.2, -0.15) is 0 Å². The highest BCUT2D eigenvalue weighted by Gasteiger charge is 2.08. The van der Waals surface area contributed by atoms with Crippen molar-refractivity contribution in [3.05, 3.63) is 24.3 Å². The van der Waals surface area contributed by atoms with Crippen molar-refractivity contribution in [2.24, 2.45) is 4.99 Å². The van der Waals surface area contributed by atoms with Crippen LogP contribution in [0.15, 0.2) is 29.3 Å². The van der Waals surface area contributed by atoms with Crippen LogP contribution in [-0.2, 0) is 0 Å². The van der Waals surface area contributed by atoms with E-state index in [2.05, 4.69) is 64.1 Å². The molecule has 0 heterocycles. The van der Waals surface area contributed by atoms with E-state index in [-0.39, 0.29) is 0 Å². The van der Waals surface area contributed by atoms with E-state index in [1.165, 1.54) is 198 Å². The molecule has 0 aliphatic heterocycles. The zero-order valence-corrected chi connectivity index (χ0v) is 31.2. The second-order valence-corrected chi connectivity index (χ2v) is 14.2. The molecular weight excluding hydrogens is 532 g/mol. The lowest BCUT2D eigenvalue weighted by atomic mass is 10.00. The van der Waals surface area contributed by atoms with Crippen LogP contribution in [0, 0.1) is 0 Å². The van der Waals surface area contributed by atoms with Crippen molar-refractivity contribution in [3.8, 4) is 0 Å². The predicted octanol–water partition coefficient (Wildman–Crippen LogP) is 14.2. The van der Waals surface area contributed by atoms with Gasteiger partial charge in [-0.1, -0.05) is 167 Å². The molecule has 0 atom stereocenters. The van der Waals surface area contributed by atoms with Crippen LogP contribution in [0.5, 0.6) is 0 Å². The number of allylic oxidation sites excluding steroid dienone is 4. The van der Waals surface area contributed by atoms with E-state index in [1.54, 1.807) is 0 Å². The van der Waals surface area contributed by atoms with Gasteiger partial charge >= 0.3 is 0 Å². The third kappa shape index (κ3) is 35.6. The van der Waals surface area contributed by atoms with Crippen molar-refractivity contribution >= 4 is 5.71 Å². The van der Waals surface area contributed by atoms with Gasteiger partial charge in [-0.3, -0.25) is 4.99 Å². The second-order valence-electron chi connectivity index (χ2n) is 14.2. The molecule has 0 bridgehead atoms. The molecule has 44 heavy (non-hydrogen) atoms. The fraction of sp³-hybridized carbons (Fsp3) is 0.881. The minimum atomic E-state index is 0.545. The quantitative estimate of drug-likeness (QED) is 0.0394. The van der Waals surface area contributed by atoms with Crippen LogP contribution in [0.1, 0.15) is 213 Å². The van der Waals surface area contributed by atoms with Crippen LogP contribution < -0.4 is 0 Å². The molecule has 0 aromatic carbocycles. The molecule has 0 aliphatic rings. The van der Waals surface area contributed by atoms with Crippen molar-refractivity contribution in [2.45, 2.75) is 219 Å². The van der Waals surface area contributed by atoms with Crippen molar-refractivity contribution in [3.63, 3.8) is 0 Å². The van der Waals surface area contributed by atoms with E-state index < -0.39 is 0 Å². The van der Waals surface area contributed by atoms with Crippen LogP contribution in [0.25, 0.3) is 0 Å². The molecule has 0 aliphatic carbocycles. The Morgan fingerprint density at radius 2 is 0.750 bits per heavy atom. The third-order valence-electron chi connectivity index (χ3n) is 9.05. The molecule has 0 aromatic heterocycles. The van der Waals surface area contributed by atoms with Crippen LogP contribution in [-0.4, -0.2) is 37.3 Å². The molecule has 0 rings (SSSR count). The Kier molecular flexibility index (Phi) is 35.8. The van der Waals surface area contributed by atoms with Gasteiger partial charge in [0.05, 0.1) is 0 Å². The van der Waals surface area contributed by atoms with Crippen molar-refractivity contribution < 1.29 is 0 Å². The summed E-state index contributed by atoms with van der Waals surface area (Å²) >= 11 is 0. The molecule has 2 nitrogen and oxygen atoms in total. The highest BCUT2D eigenvalue weighted by atomic mass is 15.1. The number of unbranched alkanes of at least 4 members (excludes halogenated alkanes) is 24. The highest BCUT2D eigenvalue weighted by molar-refractivity contribution is 5.84. The summed E-state index contributed by atoms with van der Waals surface area (Å²) in [6, 6.07) is 0.545. The van der Waals surface area contributed by atoms with Gasteiger partial charge in [-0.05, 0) is 85.2 Å². The molecule has 0 saturated heterocycles. The lowest BCUT2D eigenvalue weighted by molar-refractivity contribution is 0.459. The minimum absolute atomic E-state index is 0.545. The average molecular weight is 615 g/mol. The van der Waals surface area contributed by atoms with Crippen LogP contribution >= 0.6 is 0 Å². The summed E-state index contributed by atoms with van der Waals surface area (Å²) in [7, 11) is 4.32. The summed E-state index contributed by atoms with van der Waals surface area (Å²) < 4.78 is 0. The highest BCUT2D eigenvalue weighted by Crippen LogP contribution is 2.18. The van der Waals surface area contributed by atoms with E-state index in [9.17, 15) is 0 Å². The molecule has 260 valence electrons. The normalized spacial score (nSPS) is 13.3. The molecule has 0 saturated carbocycles. The Hall–Kier alpha value is -0.890. The van der Waals surface area contributed by atoms with Crippen LogP contribution in [0.3, 0.4) is 0 Å². The Bertz CT molecular complexity index is 590. The maximum absolute atomic E-state index is 5.19. The van der Waals surface area contributed by atoms with Gasteiger partial charge in [0.1, 0.15) is 0 Å². The number of nitrogens with zero attached hydrogens (tertiary/aromatic N) is 2.